The standard InChI is InChI=1S/C18H21N3O2/c1-20(2)16-11-9-15(10-12-16)13-19-23-14-18(22)21(3)17-7-5-4-6-8-17/h4-13H,14H2,1-3H3/b19-13+. The van der Waals surface area contributed by atoms with E-state index in [9.17, 15) is 4.79 Å². The number of nitrogens with zero attached hydrogens (tertiary/aromatic N) is 3. The summed E-state index contributed by atoms with van der Waals surface area (Å²) in [5.74, 6) is -0.156. The number of oxime groups is 1. The average Bonchev–Trinajstić information content (AvgIpc) is 2.59. The van der Waals surface area contributed by atoms with Crippen LogP contribution in [-0.2, 0) is 9.63 Å². The molecule has 0 heterocycles. The van der Waals surface area contributed by atoms with Gasteiger partial charge in [0.15, 0.2) is 6.61 Å². The van der Waals surface area contributed by atoms with Crippen molar-refractivity contribution >= 4 is 23.5 Å². The minimum absolute atomic E-state index is 0.0995. The lowest BCUT2D eigenvalue weighted by atomic mass is 10.2. The number of para-hydroxylation sites is 1. The zero-order valence-corrected chi connectivity index (χ0v) is 13.6. The van der Waals surface area contributed by atoms with Gasteiger partial charge in [-0.25, -0.2) is 0 Å². The Bertz CT molecular complexity index is 652. The summed E-state index contributed by atoms with van der Waals surface area (Å²) in [6.45, 7) is -0.0995. The van der Waals surface area contributed by atoms with Crippen LogP contribution >= 0.6 is 0 Å². The van der Waals surface area contributed by atoms with E-state index in [0.717, 1.165) is 16.9 Å². The Morgan fingerprint density at radius 2 is 1.65 bits per heavy atom. The molecule has 0 aliphatic rings. The first kappa shape index (κ1) is 16.5. The maximum Gasteiger partial charge on any atom is 0.267 e. The largest absolute Gasteiger partial charge is 0.386 e. The van der Waals surface area contributed by atoms with Crippen LogP contribution < -0.4 is 9.80 Å². The quantitative estimate of drug-likeness (QED) is 0.609. The van der Waals surface area contributed by atoms with E-state index < -0.39 is 0 Å². The molecular weight excluding hydrogens is 290 g/mol. The predicted molar refractivity (Wildman–Crippen MR) is 94.2 cm³/mol. The number of hydrogen-bond acceptors (Lipinski definition) is 4. The molecule has 1 amide bonds. The van der Waals surface area contributed by atoms with Crippen molar-refractivity contribution in [3.63, 3.8) is 0 Å². The van der Waals surface area contributed by atoms with Crippen molar-refractivity contribution in [2.45, 2.75) is 0 Å². The first-order valence-electron chi connectivity index (χ1n) is 7.32. The second kappa shape index (κ2) is 7.98. The first-order chi connectivity index (χ1) is 11.1. The molecule has 2 aromatic carbocycles. The highest BCUT2D eigenvalue weighted by molar-refractivity contribution is 5.93. The summed E-state index contributed by atoms with van der Waals surface area (Å²) < 4.78 is 0. The van der Waals surface area contributed by atoms with Gasteiger partial charge in [0.1, 0.15) is 0 Å². The van der Waals surface area contributed by atoms with E-state index in [4.69, 9.17) is 4.84 Å². The van der Waals surface area contributed by atoms with E-state index in [1.807, 2.05) is 73.6 Å². The molecule has 2 rings (SSSR count). The van der Waals surface area contributed by atoms with Crippen LogP contribution in [0.4, 0.5) is 11.4 Å². The van der Waals surface area contributed by atoms with Crippen LogP contribution in [0, 0.1) is 0 Å². The molecule has 0 atom stereocenters. The zero-order valence-electron chi connectivity index (χ0n) is 13.6. The van der Waals surface area contributed by atoms with Crippen molar-refractivity contribution in [2.24, 2.45) is 5.16 Å². The molecule has 0 saturated carbocycles. The van der Waals surface area contributed by atoms with Crippen LogP contribution in [0.15, 0.2) is 59.8 Å². The monoisotopic (exact) mass is 311 g/mol. The fourth-order valence-electron chi connectivity index (χ4n) is 1.94. The van der Waals surface area contributed by atoms with Crippen LogP contribution in [-0.4, -0.2) is 39.9 Å². The first-order valence-corrected chi connectivity index (χ1v) is 7.32. The summed E-state index contributed by atoms with van der Waals surface area (Å²) in [6, 6.07) is 17.3. The van der Waals surface area contributed by atoms with Crippen molar-refractivity contribution in [1.82, 2.24) is 0 Å². The number of rotatable bonds is 6. The molecule has 0 bridgehead atoms. The van der Waals surface area contributed by atoms with E-state index in [2.05, 4.69) is 5.16 Å². The molecule has 0 aliphatic carbocycles. The Morgan fingerprint density at radius 1 is 1.00 bits per heavy atom. The van der Waals surface area contributed by atoms with Gasteiger partial charge in [-0.1, -0.05) is 35.5 Å². The lowest BCUT2D eigenvalue weighted by Crippen LogP contribution is -2.29. The Labute approximate surface area is 136 Å². The van der Waals surface area contributed by atoms with Crippen molar-refractivity contribution in [2.75, 3.05) is 37.5 Å². The van der Waals surface area contributed by atoms with E-state index in [1.54, 1.807) is 18.2 Å². The summed E-state index contributed by atoms with van der Waals surface area (Å²) >= 11 is 0. The fourth-order valence-corrected chi connectivity index (χ4v) is 1.94. The lowest BCUT2D eigenvalue weighted by Gasteiger charge is -2.16. The highest BCUT2D eigenvalue weighted by Gasteiger charge is 2.10. The van der Waals surface area contributed by atoms with Crippen LogP contribution in [0.1, 0.15) is 5.56 Å². The summed E-state index contributed by atoms with van der Waals surface area (Å²) in [4.78, 5) is 20.6. The molecule has 0 N–H and O–H groups in total. The summed E-state index contributed by atoms with van der Waals surface area (Å²) in [6.07, 6.45) is 1.59. The molecule has 0 fully saturated rings. The van der Waals surface area contributed by atoms with E-state index in [-0.39, 0.29) is 12.5 Å². The van der Waals surface area contributed by atoms with Gasteiger partial charge in [0, 0.05) is 32.5 Å². The number of benzene rings is 2. The Balaban J connectivity index is 1.83. The van der Waals surface area contributed by atoms with Gasteiger partial charge in [0.25, 0.3) is 5.91 Å². The van der Waals surface area contributed by atoms with Gasteiger partial charge in [0.2, 0.25) is 0 Å². The van der Waals surface area contributed by atoms with Crippen LogP contribution in [0.3, 0.4) is 0 Å². The van der Waals surface area contributed by atoms with E-state index >= 15 is 0 Å². The van der Waals surface area contributed by atoms with E-state index in [0.29, 0.717) is 0 Å². The summed E-state index contributed by atoms with van der Waals surface area (Å²) in [5.41, 5.74) is 2.85. The molecule has 23 heavy (non-hydrogen) atoms. The molecule has 120 valence electrons. The van der Waals surface area contributed by atoms with Gasteiger partial charge in [-0.3, -0.25) is 4.79 Å². The van der Waals surface area contributed by atoms with Crippen molar-refractivity contribution in [3.05, 3.63) is 60.2 Å². The molecule has 0 radical (unpaired) electrons. The number of amides is 1. The SMILES string of the molecule is CN(C)c1ccc(/C=N/OCC(=O)N(C)c2ccccc2)cc1. The zero-order chi connectivity index (χ0) is 16.7. The molecular formula is C18H21N3O2. The van der Waals surface area contributed by atoms with Gasteiger partial charge in [-0.2, -0.15) is 0 Å². The molecule has 5 nitrogen and oxygen atoms in total. The highest BCUT2D eigenvalue weighted by Crippen LogP contribution is 2.12. The molecule has 0 aliphatic heterocycles. The second-order valence-electron chi connectivity index (χ2n) is 5.28. The number of carbonyl (C=O) groups excluding carboxylic acids is 1. The number of hydrogen-bond donors (Lipinski definition) is 0. The van der Waals surface area contributed by atoms with Crippen LogP contribution in [0.2, 0.25) is 0 Å². The molecule has 0 spiro atoms. The van der Waals surface area contributed by atoms with Crippen molar-refractivity contribution < 1.29 is 9.63 Å². The van der Waals surface area contributed by atoms with Gasteiger partial charge in [-0.15, -0.1) is 0 Å². The second-order valence-corrected chi connectivity index (χ2v) is 5.28. The number of carbonyl (C=O) groups is 1. The molecule has 5 heteroatoms. The van der Waals surface area contributed by atoms with Gasteiger partial charge < -0.3 is 14.6 Å². The molecule has 2 aromatic rings. The molecule has 0 unspecified atom stereocenters. The normalized spacial score (nSPS) is 10.6. The lowest BCUT2D eigenvalue weighted by molar-refractivity contribution is -0.122. The third-order valence-corrected chi connectivity index (χ3v) is 3.39. The van der Waals surface area contributed by atoms with Crippen LogP contribution in [0.5, 0.6) is 0 Å². The molecule has 0 aromatic heterocycles. The number of anilines is 2. The number of likely N-dealkylation sites (N-methyl/N-ethyl adjacent to an activating group) is 1. The fraction of sp³-hybridized carbons (Fsp3) is 0.222. The van der Waals surface area contributed by atoms with Crippen molar-refractivity contribution in [3.8, 4) is 0 Å². The summed E-state index contributed by atoms with van der Waals surface area (Å²) in [5, 5.41) is 3.85. The minimum atomic E-state index is -0.156. The Hall–Kier alpha value is -2.82. The maximum absolute atomic E-state index is 12.0. The smallest absolute Gasteiger partial charge is 0.267 e. The maximum atomic E-state index is 12.0. The van der Waals surface area contributed by atoms with Crippen LogP contribution in [0.25, 0.3) is 0 Å². The summed E-state index contributed by atoms with van der Waals surface area (Å²) in [7, 11) is 5.69. The Morgan fingerprint density at radius 3 is 2.26 bits per heavy atom. The van der Waals surface area contributed by atoms with Crippen molar-refractivity contribution in [1.29, 1.82) is 0 Å². The highest BCUT2D eigenvalue weighted by atomic mass is 16.6. The van der Waals surface area contributed by atoms with Gasteiger partial charge >= 0.3 is 0 Å². The third-order valence-electron chi connectivity index (χ3n) is 3.39. The van der Waals surface area contributed by atoms with Gasteiger partial charge in [0.05, 0.1) is 6.21 Å². The third kappa shape index (κ3) is 4.85. The Kier molecular flexibility index (Phi) is 5.74. The minimum Gasteiger partial charge on any atom is -0.386 e. The predicted octanol–water partition coefficient (Wildman–Crippen LogP) is 2.77. The van der Waals surface area contributed by atoms with Gasteiger partial charge in [-0.05, 0) is 29.8 Å². The molecule has 0 saturated heterocycles. The topological polar surface area (TPSA) is 45.1 Å². The van der Waals surface area contributed by atoms with E-state index in [1.165, 1.54) is 0 Å². The average molecular weight is 311 g/mol.